The van der Waals surface area contributed by atoms with Crippen LogP contribution in [0.1, 0.15) is 41.7 Å². The lowest BCUT2D eigenvalue weighted by molar-refractivity contribution is -0.910. The summed E-state index contributed by atoms with van der Waals surface area (Å²) in [5.74, 6) is 1.52. The Morgan fingerprint density at radius 1 is 1.14 bits per heavy atom. The number of hydrogen-bond acceptors (Lipinski definition) is 4. The summed E-state index contributed by atoms with van der Waals surface area (Å²) in [7, 11) is 3.31. The number of likely N-dealkylation sites (tertiary alicyclic amines) is 1. The molecule has 1 aliphatic rings. The third-order valence-electron chi connectivity index (χ3n) is 5.24. The molecule has 6 nitrogen and oxygen atoms in total. The Hall–Kier alpha value is -2.86. The number of hydrogen-bond donors (Lipinski definition) is 2. The van der Waals surface area contributed by atoms with Gasteiger partial charge in [0.2, 0.25) is 0 Å². The highest BCUT2D eigenvalue weighted by molar-refractivity contribution is 5.97. The lowest BCUT2D eigenvalue weighted by atomic mass is 10.0. The van der Waals surface area contributed by atoms with E-state index in [0.29, 0.717) is 17.8 Å². The van der Waals surface area contributed by atoms with Crippen molar-refractivity contribution in [2.75, 3.05) is 32.6 Å². The van der Waals surface area contributed by atoms with Crippen molar-refractivity contribution in [2.24, 2.45) is 0 Å². The van der Waals surface area contributed by atoms with Crippen molar-refractivity contribution in [1.82, 2.24) is 0 Å². The maximum atomic E-state index is 12.6. The van der Waals surface area contributed by atoms with Crippen LogP contribution >= 0.6 is 0 Å². The van der Waals surface area contributed by atoms with E-state index in [4.69, 9.17) is 9.47 Å². The highest BCUT2D eigenvalue weighted by Gasteiger charge is 2.34. The van der Waals surface area contributed by atoms with E-state index >= 15 is 0 Å². The van der Waals surface area contributed by atoms with E-state index in [1.165, 1.54) is 11.8 Å². The zero-order valence-electron chi connectivity index (χ0n) is 16.6. The van der Waals surface area contributed by atoms with Crippen molar-refractivity contribution in [1.29, 1.82) is 0 Å². The van der Waals surface area contributed by atoms with E-state index in [2.05, 4.69) is 5.32 Å². The maximum absolute atomic E-state index is 12.6. The van der Waals surface area contributed by atoms with E-state index in [1.54, 1.807) is 38.5 Å². The molecule has 0 aromatic heterocycles. The Labute approximate surface area is 165 Å². The second kappa shape index (κ2) is 8.89. The minimum Gasteiger partial charge on any atom is -0.497 e. The first-order valence-electron chi connectivity index (χ1n) is 9.49. The van der Waals surface area contributed by atoms with Crippen molar-refractivity contribution in [3.05, 3.63) is 53.6 Å². The molecule has 0 bridgehead atoms. The van der Waals surface area contributed by atoms with E-state index in [0.717, 1.165) is 36.4 Å². The number of carbonyl (C=O) groups excluding carboxylic acids is 2. The SMILES string of the molecule is COc1ccc(OC)c([C@H]2CCC[NH+]2CC(=O)Nc2cccc(C(C)=O)c2)c1. The van der Waals surface area contributed by atoms with Gasteiger partial charge in [0.1, 0.15) is 17.5 Å². The summed E-state index contributed by atoms with van der Waals surface area (Å²) in [5.41, 5.74) is 2.30. The average molecular weight is 383 g/mol. The van der Waals surface area contributed by atoms with Crippen LogP contribution in [0.15, 0.2) is 42.5 Å². The lowest BCUT2D eigenvalue weighted by Gasteiger charge is -2.23. The zero-order chi connectivity index (χ0) is 20.1. The number of methoxy groups -OCH3 is 2. The van der Waals surface area contributed by atoms with E-state index < -0.39 is 0 Å². The molecule has 2 aromatic carbocycles. The molecule has 1 heterocycles. The largest absolute Gasteiger partial charge is 0.497 e. The molecule has 2 aromatic rings. The Kier molecular flexibility index (Phi) is 6.31. The molecular weight excluding hydrogens is 356 g/mol. The number of benzene rings is 2. The molecule has 1 unspecified atom stereocenters. The van der Waals surface area contributed by atoms with Gasteiger partial charge in [-0.25, -0.2) is 0 Å². The number of nitrogens with one attached hydrogen (secondary N) is 2. The highest BCUT2D eigenvalue weighted by Crippen LogP contribution is 2.31. The number of quaternary nitrogens is 1. The van der Waals surface area contributed by atoms with Crippen LogP contribution in [0.2, 0.25) is 0 Å². The lowest BCUT2D eigenvalue weighted by Crippen LogP contribution is -3.11. The molecule has 0 spiro atoms. The normalized spacial score (nSPS) is 18.5. The number of carbonyl (C=O) groups is 2. The Morgan fingerprint density at radius 3 is 2.68 bits per heavy atom. The summed E-state index contributed by atoms with van der Waals surface area (Å²) in [6.45, 7) is 2.79. The first-order valence-corrected chi connectivity index (χ1v) is 9.49. The minimum absolute atomic E-state index is 0.0218. The van der Waals surface area contributed by atoms with Gasteiger partial charge in [-0.1, -0.05) is 12.1 Å². The van der Waals surface area contributed by atoms with Crippen LogP contribution in [-0.4, -0.2) is 39.0 Å². The number of amides is 1. The Morgan fingerprint density at radius 2 is 1.96 bits per heavy atom. The van der Waals surface area contributed by atoms with Crippen LogP contribution in [-0.2, 0) is 4.79 Å². The van der Waals surface area contributed by atoms with Gasteiger partial charge >= 0.3 is 0 Å². The number of Topliss-reactive ketones (excluding diaryl/α,β-unsaturated/α-hetero) is 1. The quantitative estimate of drug-likeness (QED) is 0.720. The molecule has 1 fully saturated rings. The third kappa shape index (κ3) is 4.51. The molecule has 1 saturated heterocycles. The van der Waals surface area contributed by atoms with Gasteiger partial charge in [0.25, 0.3) is 5.91 Å². The van der Waals surface area contributed by atoms with Crippen molar-refractivity contribution in [3.63, 3.8) is 0 Å². The molecular formula is C22H27N2O4+. The molecule has 3 rings (SSSR count). The molecule has 0 radical (unpaired) electrons. The number of ketones is 1. The first kappa shape index (κ1) is 19.9. The molecule has 28 heavy (non-hydrogen) atoms. The molecule has 1 aliphatic heterocycles. The fourth-order valence-corrected chi connectivity index (χ4v) is 3.84. The average Bonchev–Trinajstić information content (AvgIpc) is 3.15. The highest BCUT2D eigenvalue weighted by atomic mass is 16.5. The molecule has 0 saturated carbocycles. The van der Waals surface area contributed by atoms with Gasteiger partial charge < -0.3 is 19.7 Å². The van der Waals surface area contributed by atoms with Gasteiger partial charge in [-0.3, -0.25) is 9.59 Å². The predicted molar refractivity (Wildman–Crippen MR) is 107 cm³/mol. The molecule has 2 N–H and O–H groups in total. The third-order valence-corrected chi connectivity index (χ3v) is 5.24. The van der Waals surface area contributed by atoms with E-state index in [-0.39, 0.29) is 17.7 Å². The Bertz CT molecular complexity index is 865. The van der Waals surface area contributed by atoms with Crippen molar-refractivity contribution in [3.8, 4) is 11.5 Å². The number of ether oxygens (including phenoxy) is 2. The molecule has 6 heteroatoms. The standard InChI is InChI=1S/C22H26N2O4/c1-15(25)16-6-4-7-17(12-16)23-22(26)14-24-11-5-8-20(24)19-13-18(27-2)9-10-21(19)28-3/h4,6-7,9-10,12-13,20H,5,8,11,14H2,1-3H3,(H,23,26)/p+1/t20-/m1/s1. The fraction of sp³-hybridized carbons (Fsp3) is 0.364. The topological polar surface area (TPSA) is 69.1 Å². The zero-order valence-corrected chi connectivity index (χ0v) is 16.6. The molecule has 2 atom stereocenters. The van der Waals surface area contributed by atoms with Crippen LogP contribution in [0.25, 0.3) is 0 Å². The van der Waals surface area contributed by atoms with Crippen LogP contribution in [0.4, 0.5) is 5.69 Å². The van der Waals surface area contributed by atoms with Gasteiger partial charge in [-0.15, -0.1) is 0 Å². The van der Waals surface area contributed by atoms with Crippen LogP contribution in [0.5, 0.6) is 11.5 Å². The molecule has 1 amide bonds. The van der Waals surface area contributed by atoms with Gasteiger partial charge in [-0.05, 0) is 37.3 Å². The van der Waals surface area contributed by atoms with Gasteiger partial charge in [0.05, 0.1) is 26.3 Å². The van der Waals surface area contributed by atoms with Crippen molar-refractivity contribution < 1.29 is 24.0 Å². The second-order valence-electron chi connectivity index (χ2n) is 7.07. The second-order valence-corrected chi connectivity index (χ2v) is 7.07. The van der Waals surface area contributed by atoms with Gasteiger partial charge in [0, 0.05) is 24.1 Å². The summed E-state index contributed by atoms with van der Waals surface area (Å²) in [6.07, 6.45) is 2.04. The summed E-state index contributed by atoms with van der Waals surface area (Å²) < 4.78 is 10.9. The maximum Gasteiger partial charge on any atom is 0.279 e. The number of anilines is 1. The van der Waals surface area contributed by atoms with Crippen molar-refractivity contribution >= 4 is 17.4 Å². The smallest absolute Gasteiger partial charge is 0.279 e. The van der Waals surface area contributed by atoms with E-state index in [1.807, 2.05) is 18.2 Å². The molecule has 0 aliphatic carbocycles. The van der Waals surface area contributed by atoms with Gasteiger partial charge in [-0.2, -0.15) is 0 Å². The summed E-state index contributed by atoms with van der Waals surface area (Å²) >= 11 is 0. The minimum atomic E-state index is -0.0653. The summed E-state index contributed by atoms with van der Waals surface area (Å²) in [4.78, 5) is 25.4. The van der Waals surface area contributed by atoms with Crippen LogP contribution in [0.3, 0.4) is 0 Å². The Balaban J connectivity index is 1.72. The van der Waals surface area contributed by atoms with Crippen LogP contribution < -0.4 is 19.7 Å². The summed E-state index contributed by atoms with van der Waals surface area (Å²) in [5, 5.41) is 2.92. The fourth-order valence-electron chi connectivity index (χ4n) is 3.84. The molecule has 148 valence electrons. The summed E-state index contributed by atoms with van der Waals surface area (Å²) in [6, 6.07) is 13.0. The monoisotopic (exact) mass is 383 g/mol. The van der Waals surface area contributed by atoms with Crippen LogP contribution in [0, 0.1) is 0 Å². The number of rotatable bonds is 7. The van der Waals surface area contributed by atoms with Crippen molar-refractivity contribution in [2.45, 2.75) is 25.8 Å². The first-order chi connectivity index (χ1) is 13.5. The predicted octanol–water partition coefficient (Wildman–Crippen LogP) is 2.26. The van der Waals surface area contributed by atoms with Gasteiger partial charge in [0.15, 0.2) is 12.3 Å². The van der Waals surface area contributed by atoms with E-state index in [9.17, 15) is 9.59 Å².